The highest BCUT2D eigenvalue weighted by atomic mass is 32.1. The number of piperazine rings is 1. The standard InChI is InChI=1S/C20H22FN3O2S/c21-14-3-4-16-17(9-14)27-19(18(16)13-1-2-13)20(26)24-10-15(11-24)23-7-5-22(12-25)6-8-23/h3-4,9,12-13,15H,1-2,5-8,10-11H2. The van der Waals surface area contributed by atoms with Gasteiger partial charge < -0.3 is 9.80 Å². The van der Waals surface area contributed by atoms with Gasteiger partial charge >= 0.3 is 0 Å². The van der Waals surface area contributed by atoms with Crippen molar-refractivity contribution in [1.82, 2.24) is 14.7 Å². The highest BCUT2D eigenvalue weighted by molar-refractivity contribution is 7.21. The van der Waals surface area contributed by atoms with Crippen LogP contribution in [0, 0.1) is 5.82 Å². The summed E-state index contributed by atoms with van der Waals surface area (Å²) in [5.41, 5.74) is 1.14. The number of rotatable bonds is 4. The molecule has 1 aromatic heterocycles. The lowest BCUT2D eigenvalue weighted by Crippen LogP contribution is -2.64. The number of halogens is 1. The molecule has 0 spiro atoms. The molecule has 5 rings (SSSR count). The molecule has 2 saturated heterocycles. The first-order valence-electron chi connectivity index (χ1n) is 9.58. The number of nitrogens with zero attached hydrogens (tertiary/aromatic N) is 3. The number of amides is 2. The molecule has 7 heteroatoms. The zero-order valence-corrected chi connectivity index (χ0v) is 15.9. The molecule has 3 fully saturated rings. The first kappa shape index (κ1) is 17.1. The van der Waals surface area contributed by atoms with Crippen LogP contribution >= 0.6 is 11.3 Å². The van der Waals surface area contributed by atoms with Gasteiger partial charge in [-0.05, 0) is 41.8 Å². The van der Waals surface area contributed by atoms with E-state index in [0.717, 1.165) is 79.0 Å². The number of carbonyl (C=O) groups excluding carboxylic acids is 2. The summed E-state index contributed by atoms with van der Waals surface area (Å²) in [6, 6.07) is 5.26. The van der Waals surface area contributed by atoms with E-state index in [9.17, 15) is 14.0 Å². The molecular weight excluding hydrogens is 365 g/mol. The number of likely N-dealkylation sites (tertiary alicyclic amines) is 1. The zero-order chi connectivity index (χ0) is 18.5. The molecule has 0 bridgehead atoms. The van der Waals surface area contributed by atoms with E-state index >= 15 is 0 Å². The van der Waals surface area contributed by atoms with Crippen molar-refractivity contribution < 1.29 is 14.0 Å². The van der Waals surface area contributed by atoms with Crippen LogP contribution in [0.4, 0.5) is 4.39 Å². The van der Waals surface area contributed by atoms with E-state index < -0.39 is 0 Å². The fourth-order valence-electron chi connectivity index (χ4n) is 4.23. The topological polar surface area (TPSA) is 43.9 Å². The van der Waals surface area contributed by atoms with Gasteiger partial charge in [-0.15, -0.1) is 11.3 Å². The Labute approximate surface area is 161 Å². The molecule has 3 heterocycles. The van der Waals surface area contributed by atoms with Crippen LogP contribution in [0.2, 0.25) is 0 Å². The van der Waals surface area contributed by atoms with E-state index in [-0.39, 0.29) is 11.7 Å². The summed E-state index contributed by atoms with van der Waals surface area (Å²) in [7, 11) is 0. The number of benzene rings is 1. The Morgan fingerprint density at radius 2 is 1.89 bits per heavy atom. The molecule has 1 aliphatic carbocycles. The van der Waals surface area contributed by atoms with Gasteiger partial charge in [0.15, 0.2) is 0 Å². The quantitative estimate of drug-likeness (QED) is 0.758. The third kappa shape index (κ3) is 3.02. The largest absolute Gasteiger partial charge is 0.343 e. The van der Waals surface area contributed by atoms with Gasteiger partial charge in [0, 0.05) is 50.0 Å². The predicted molar refractivity (Wildman–Crippen MR) is 103 cm³/mol. The third-order valence-electron chi connectivity index (χ3n) is 6.03. The Morgan fingerprint density at radius 1 is 1.15 bits per heavy atom. The van der Waals surface area contributed by atoms with E-state index in [4.69, 9.17) is 0 Å². The van der Waals surface area contributed by atoms with Gasteiger partial charge in [-0.2, -0.15) is 0 Å². The lowest BCUT2D eigenvalue weighted by Gasteiger charge is -2.47. The van der Waals surface area contributed by atoms with Crippen molar-refractivity contribution in [2.45, 2.75) is 24.8 Å². The van der Waals surface area contributed by atoms with Gasteiger partial charge in [0.05, 0.1) is 4.88 Å². The maximum Gasteiger partial charge on any atom is 0.264 e. The van der Waals surface area contributed by atoms with Gasteiger partial charge in [-0.3, -0.25) is 14.5 Å². The molecule has 0 N–H and O–H groups in total. The van der Waals surface area contributed by atoms with Crippen LogP contribution in [-0.4, -0.2) is 72.3 Å². The molecule has 1 saturated carbocycles. The van der Waals surface area contributed by atoms with E-state index in [1.807, 2.05) is 11.0 Å². The highest BCUT2D eigenvalue weighted by Crippen LogP contribution is 2.48. The summed E-state index contributed by atoms with van der Waals surface area (Å²) in [6.07, 6.45) is 3.15. The van der Waals surface area contributed by atoms with Gasteiger partial charge in [-0.1, -0.05) is 6.07 Å². The van der Waals surface area contributed by atoms with Crippen molar-refractivity contribution >= 4 is 33.7 Å². The van der Waals surface area contributed by atoms with Gasteiger partial charge in [0.25, 0.3) is 5.91 Å². The number of carbonyl (C=O) groups is 2. The summed E-state index contributed by atoms with van der Waals surface area (Å²) in [5, 5.41) is 1.05. The van der Waals surface area contributed by atoms with Crippen LogP contribution in [-0.2, 0) is 4.79 Å². The van der Waals surface area contributed by atoms with E-state index in [2.05, 4.69) is 4.90 Å². The molecule has 2 aliphatic heterocycles. The fourth-order valence-corrected chi connectivity index (χ4v) is 5.51. The monoisotopic (exact) mass is 387 g/mol. The first-order valence-corrected chi connectivity index (χ1v) is 10.4. The number of thiophene rings is 1. The minimum Gasteiger partial charge on any atom is -0.343 e. The van der Waals surface area contributed by atoms with Crippen LogP contribution < -0.4 is 0 Å². The Balaban J connectivity index is 1.31. The molecule has 5 nitrogen and oxygen atoms in total. The number of fused-ring (bicyclic) bond motifs is 1. The average molecular weight is 387 g/mol. The number of hydrogen-bond acceptors (Lipinski definition) is 4. The number of hydrogen-bond donors (Lipinski definition) is 0. The lowest BCUT2D eigenvalue weighted by atomic mass is 10.0. The van der Waals surface area contributed by atoms with Crippen LogP contribution in [0.25, 0.3) is 10.1 Å². The fraction of sp³-hybridized carbons (Fsp3) is 0.500. The van der Waals surface area contributed by atoms with Crippen LogP contribution in [0.15, 0.2) is 18.2 Å². The summed E-state index contributed by atoms with van der Waals surface area (Å²) < 4.78 is 14.5. The second-order valence-corrected chi connectivity index (χ2v) is 8.85. The third-order valence-corrected chi connectivity index (χ3v) is 7.19. The maximum absolute atomic E-state index is 13.6. The molecule has 27 heavy (non-hydrogen) atoms. The van der Waals surface area contributed by atoms with Crippen molar-refractivity contribution in [2.75, 3.05) is 39.3 Å². The normalized spacial score (nSPS) is 21.5. The first-order chi connectivity index (χ1) is 13.1. The Morgan fingerprint density at radius 3 is 2.56 bits per heavy atom. The molecule has 0 radical (unpaired) electrons. The zero-order valence-electron chi connectivity index (χ0n) is 15.1. The van der Waals surface area contributed by atoms with Crippen molar-refractivity contribution in [2.24, 2.45) is 0 Å². The molecule has 3 aliphatic rings. The summed E-state index contributed by atoms with van der Waals surface area (Å²) in [4.78, 5) is 30.9. The smallest absolute Gasteiger partial charge is 0.264 e. The maximum atomic E-state index is 13.6. The van der Waals surface area contributed by atoms with Gasteiger partial charge in [0.1, 0.15) is 5.82 Å². The van der Waals surface area contributed by atoms with Crippen molar-refractivity contribution in [3.05, 3.63) is 34.5 Å². The molecule has 2 amide bonds. The molecule has 0 atom stereocenters. The van der Waals surface area contributed by atoms with Crippen molar-refractivity contribution in [1.29, 1.82) is 0 Å². The van der Waals surface area contributed by atoms with Gasteiger partial charge in [0.2, 0.25) is 6.41 Å². The summed E-state index contributed by atoms with van der Waals surface area (Å²) >= 11 is 1.44. The molecule has 0 unspecified atom stereocenters. The molecule has 2 aromatic rings. The molecule has 1 aromatic carbocycles. The minimum atomic E-state index is -0.247. The van der Waals surface area contributed by atoms with E-state index in [0.29, 0.717) is 12.0 Å². The molecule has 142 valence electrons. The minimum absolute atomic E-state index is 0.0984. The highest BCUT2D eigenvalue weighted by Gasteiger charge is 2.39. The van der Waals surface area contributed by atoms with Crippen LogP contribution in [0.1, 0.15) is 34.0 Å². The summed E-state index contributed by atoms with van der Waals surface area (Å²) in [5.74, 6) is 0.307. The molecular formula is C20H22FN3O2S. The van der Waals surface area contributed by atoms with Crippen LogP contribution in [0.5, 0.6) is 0 Å². The Kier molecular flexibility index (Phi) is 4.16. The SMILES string of the molecule is O=CN1CCN(C2CN(C(=O)c3sc4cc(F)ccc4c3C3CC3)C2)CC1. The summed E-state index contributed by atoms with van der Waals surface area (Å²) in [6.45, 7) is 4.77. The average Bonchev–Trinajstić information content (AvgIpc) is 3.41. The van der Waals surface area contributed by atoms with E-state index in [1.54, 1.807) is 11.0 Å². The van der Waals surface area contributed by atoms with Gasteiger partial charge in [-0.25, -0.2) is 4.39 Å². The lowest BCUT2D eigenvalue weighted by molar-refractivity contribution is -0.120. The van der Waals surface area contributed by atoms with Crippen molar-refractivity contribution in [3.8, 4) is 0 Å². The second kappa shape index (κ2) is 6.56. The van der Waals surface area contributed by atoms with Crippen molar-refractivity contribution in [3.63, 3.8) is 0 Å². The second-order valence-electron chi connectivity index (χ2n) is 7.80. The Hall–Kier alpha value is -1.99. The van der Waals surface area contributed by atoms with Crippen LogP contribution in [0.3, 0.4) is 0 Å². The Bertz CT molecular complexity index is 896. The predicted octanol–water partition coefficient (Wildman–Crippen LogP) is 2.52. The van der Waals surface area contributed by atoms with E-state index in [1.165, 1.54) is 17.4 Å².